The van der Waals surface area contributed by atoms with Crippen LogP contribution in [0.3, 0.4) is 0 Å². The molecular weight excluding hydrogens is 231 g/mol. The van der Waals surface area contributed by atoms with Crippen LogP contribution in [-0.2, 0) is 6.42 Å². The fourth-order valence-corrected chi connectivity index (χ4v) is 1.79. The van der Waals surface area contributed by atoms with Gasteiger partial charge in [0.15, 0.2) is 0 Å². The van der Waals surface area contributed by atoms with Crippen molar-refractivity contribution in [3.63, 3.8) is 0 Å². The van der Waals surface area contributed by atoms with E-state index in [-0.39, 0.29) is 6.10 Å². The van der Waals surface area contributed by atoms with Gasteiger partial charge in [-0.1, -0.05) is 23.7 Å². The molecule has 1 rings (SSSR count). The molecule has 1 unspecified atom stereocenters. The number of aliphatic hydroxyl groups excluding tert-OH is 1. The Morgan fingerprint density at radius 1 is 1.40 bits per heavy atom. The zero-order chi connectivity index (χ0) is 11.3. The van der Waals surface area contributed by atoms with Crippen LogP contribution in [0.4, 0.5) is 0 Å². The van der Waals surface area contributed by atoms with E-state index >= 15 is 0 Å². The Balaban J connectivity index is 2.53. The molecule has 1 atom stereocenters. The molecule has 0 fully saturated rings. The average Bonchev–Trinajstić information content (AvgIpc) is 2.20. The molecule has 15 heavy (non-hydrogen) atoms. The molecule has 0 amide bonds. The number of hydrogen-bond acceptors (Lipinski definition) is 1. The molecule has 0 bridgehead atoms. The van der Waals surface area contributed by atoms with Crippen LogP contribution in [0, 0.1) is 6.92 Å². The van der Waals surface area contributed by atoms with Crippen molar-refractivity contribution in [2.24, 2.45) is 0 Å². The summed E-state index contributed by atoms with van der Waals surface area (Å²) in [5.41, 5.74) is 2.18. The number of halogens is 2. The van der Waals surface area contributed by atoms with E-state index in [1.807, 2.05) is 25.1 Å². The maximum atomic E-state index is 9.70. The predicted octanol–water partition coefficient (Wildman–Crippen LogP) is 3.57. The summed E-state index contributed by atoms with van der Waals surface area (Å²) in [7, 11) is 0. The van der Waals surface area contributed by atoms with Gasteiger partial charge in [0.2, 0.25) is 0 Å². The molecule has 1 aromatic carbocycles. The second kappa shape index (κ2) is 6.37. The summed E-state index contributed by atoms with van der Waals surface area (Å²) < 4.78 is 0. The highest BCUT2D eigenvalue weighted by molar-refractivity contribution is 6.31. The van der Waals surface area contributed by atoms with Crippen molar-refractivity contribution in [3.05, 3.63) is 34.3 Å². The van der Waals surface area contributed by atoms with E-state index < -0.39 is 0 Å². The van der Waals surface area contributed by atoms with E-state index in [2.05, 4.69) is 0 Å². The quantitative estimate of drug-likeness (QED) is 0.788. The first-order valence-electron chi connectivity index (χ1n) is 5.12. The van der Waals surface area contributed by atoms with Crippen molar-refractivity contribution < 1.29 is 5.11 Å². The fraction of sp³-hybridized carbons (Fsp3) is 0.500. The highest BCUT2D eigenvalue weighted by Crippen LogP contribution is 2.18. The van der Waals surface area contributed by atoms with Gasteiger partial charge in [0.05, 0.1) is 6.10 Å². The van der Waals surface area contributed by atoms with Crippen LogP contribution >= 0.6 is 23.2 Å². The Hall–Kier alpha value is -0.240. The van der Waals surface area contributed by atoms with Gasteiger partial charge in [-0.25, -0.2) is 0 Å². The molecule has 0 saturated carbocycles. The molecule has 1 aromatic rings. The van der Waals surface area contributed by atoms with Crippen LogP contribution in [0.1, 0.15) is 24.0 Å². The number of aliphatic hydroxyl groups is 1. The monoisotopic (exact) mass is 246 g/mol. The van der Waals surface area contributed by atoms with E-state index in [1.165, 1.54) is 0 Å². The maximum absolute atomic E-state index is 9.70. The van der Waals surface area contributed by atoms with Crippen LogP contribution in [0.5, 0.6) is 0 Å². The zero-order valence-electron chi connectivity index (χ0n) is 8.84. The number of alkyl halides is 1. The minimum Gasteiger partial charge on any atom is -0.393 e. The summed E-state index contributed by atoms with van der Waals surface area (Å²) in [6.07, 6.45) is 1.99. The first-order chi connectivity index (χ1) is 7.13. The summed E-state index contributed by atoms with van der Waals surface area (Å²) in [4.78, 5) is 0. The molecule has 0 aromatic heterocycles. The first-order valence-corrected chi connectivity index (χ1v) is 6.04. The number of rotatable bonds is 5. The smallest absolute Gasteiger partial charge is 0.0581 e. The molecule has 3 heteroatoms. The zero-order valence-corrected chi connectivity index (χ0v) is 10.4. The largest absolute Gasteiger partial charge is 0.393 e. The lowest BCUT2D eigenvalue weighted by Gasteiger charge is -2.10. The normalized spacial score (nSPS) is 12.8. The van der Waals surface area contributed by atoms with Crippen LogP contribution in [0.2, 0.25) is 5.02 Å². The van der Waals surface area contributed by atoms with Gasteiger partial charge in [-0.3, -0.25) is 0 Å². The van der Waals surface area contributed by atoms with Gasteiger partial charge in [-0.15, -0.1) is 11.6 Å². The predicted molar refractivity (Wildman–Crippen MR) is 65.9 cm³/mol. The Morgan fingerprint density at radius 2 is 2.13 bits per heavy atom. The molecule has 1 N–H and O–H groups in total. The van der Waals surface area contributed by atoms with Crippen molar-refractivity contribution in [1.82, 2.24) is 0 Å². The van der Waals surface area contributed by atoms with E-state index in [1.54, 1.807) is 0 Å². The molecule has 0 heterocycles. The second-order valence-electron chi connectivity index (χ2n) is 3.77. The Labute approximate surface area is 101 Å². The summed E-state index contributed by atoms with van der Waals surface area (Å²) in [6, 6.07) is 5.85. The van der Waals surface area contributed by atoms with Crippen LogP contribution < -0.4 is 0 Å². The number of hydrogen-bond donors (Lipinski definition) is 1. The summed E-state index contributed by atoms with van der Waals surface area (Å²) in [5, 5.41) is 10.5. The van der Waals surface area contributed by atoms with Gasteiger partial charge < -0.3 is 5.11 Å². The highest BCUT2D eigenvalue weighted by atomic mass is 35.5. The molecule has 0 saturated heterocycles. The van der Waals surface area contributed by atoms with E-state index in [0.29, 0.717) is 12.3 Å². The van der Waals surface area contributed by atoms with E-state index in [0.717, 1.165) is 29.0 Å². The molecule has 0 aliphatic carbocycles. The van der Waals surface area contributed by atoms with Crippen LogP contribution in [-0.4, -0.2) is 17.1 Å². The topological polar surface area (TPSA) is 20.2 Å². The van der Waals surface area contributed by atoms with E-state index in [9.17, 15) is 5.11 Å². The van der Waals surface area contributed by atoms with Gasteiger partial charge in [0.1, 0.15) is 0 Å². The fourth-order valence-electron chi connectivity index (χ4n) is 1.52. The number of aryl methyl sites for hydroxylation is 1. The SMILES string of the molecule is Cc1cc(CC(O)CCCCl)ccc1Cl. The third-order valence-electron chi connectivity index (χ3n) is 2.36. The Kier molecular flexibility index (Phi) is 5.44. The molecule has 1 nitrogen and oxygen atoms in total. The van der Waals surface area contributed by atoms with Crippen molar-refractivity contribution >= 4 is 23.2 Å². The van der Waals surface area contributed by atoms with E-state index in [4.69, 9.17) is 23.2 Å². The Morgan fingerprint density at radius 3 is 2.73 bits per heavy atom. The maximum Gasteiger partial charge on any atom is 0.0581 e. The molecule has 0 radical (unpaired) electrons. The second-order valence-corrected chi connectivity index (χ2v) is 4.56. The average molecular weight is 247 g/mol. The van der Waals surface area contributed by atoms with Crippen LogP contribution in [0.15, 0.2) is 18.2 Å². The lowest BCUT2D eigenvalue weighted by molar-refractivity contribution is 0.164. The van der Waals surface area contributed by atoms with Crippen molar-refractivity contribution in [1.29, 1.82) is 0 Å². The first kappa shape index (κ1) is 12.8. The minimum atomic E-state index is -0.302. The summed E-state index contributed by atoms with van der Waals surface area (Å²) >= 11 is 11.5. The van der Waals surface area contributed by atoms with Crippen molar-refractivity contribution in [3.8, 4) is 0 Å². The molecule has 0 aliphatic heterocycles. The van der Waals surface area contributed by atoms with Crippen LogP contribution in [0.25, 0.3) is 0 Å². The van der Waals surface area contributed by atoms with Crippen molar-refractivity contribution in [2.45, 2.75) is 32.3 Å². The molecule has 84 valence electrons. The van der Waals surface area contributed by atoms with Gasteiger partial charge in [-0.2, -0.15) is 0 Å². The lowest BCUT2D eigenvalue weighted by atomic mass is 10.0. The Bertz CT molecular complexity index is 312. The lowest BCUT2D eigenvalue weighted by Crippen LogP contribution is -2.10. The standard InChI is InChI=1S/C12H16Cl2O/c1-9-7-10(4-5-12(9)14)8-11(15)3-2-6-13/h4-5,7,11,15H,2-3,6,8H2,1H3. The summed E-state index contributed by atoms with van der Waals surface area (Å²) in [6.45, 7) is 1.97. The van der Waals surface area contributed by atoms with Crippen molar-refractivity contribution in [2.75, 3.05) is 5.88 Å². The number of benzene rings is 1. The third-order valence-corrected chi connectivity index (χ3v) is 3.06. The van der Waals surface area contributed by atoms with Gasteiger partial charge in [0.25, 0.3) is 0 Å². The molecule has 0 aliphatic rings. The molecular formula is C12H16Cl2O. The van der Waals surface area contributed by atoms with Gasteiger partial charge >= 0.3 is 0 Å². The summed E-state index contributed by atoms with van der Waals surface area (Å²) in [5.74, 6) is 0.608. The van der Waals surface area contributed by atoms with Gasteiger partial charge in [-0.05, 0) is 43.4 Å². The minimum absolute atomic E-state index is 0.302. The van der Waals surface area contributed by atoms with Gasteiger partial charge in [0, 0.05) is 10.9 Å². The third kappa shape index (κ3) is 4.42. The molecule has 0 spiro atoms. The highest BCUT2D eigenvalue weighted by Gasteiger charge is 2.06.